The lowest BCUT2D eigenvalue weighted by Gasteiger charge is -2.22. The molecule has 0 saturated heterocycles. The minimum absolute atomic E-state index is 0.0270. The fourth-order valence-corrected chi connectivity index (χ4v) is 2.80. The number of hydrogen-bond acceptors (Lipinski definition) is 2. The van der Waals surface area contributed by atoms with Gasteiger partial charge in [-0.05, 0) is 49.9 Å². The number of nitrogens with one attached hydrogen (secondary N) is 3. The molecular formula is C17H23N3O2. The van der Waals surface area contributed by atoms with Crippen LogP contribution in [0.25, 0.3) is 0 Å². The first-order chi connectivity index (χ1) is 10.7. The van der Waals surface area contributed by atoms with Gasteiger partial charge in [-0.15, -0.1) is 0 Å². The molecule has 2 fully saturated rings. The Labute approximate surface area is 130 Å². The molecule has 0 unspecified atom stereocenters. The number of rotatable bonds is 4. The summed E-state index contributed by atoms with van der Waals surface area (Å²) >= 11 is 0. The Hall–Kier alpha value is -2.04. The van der Waals surface area contributed by atoms with Gasteiger partial charge in [0.2, 0.25) is 0 Å². The van der Waals surface area contributed by atoms with Crippen LogP contribution in [0.1, 0.15) is 55.3 Å². The monoisotopic (exact) mass is 301 g/mol. The number of benzene rings is 1. The molecule has 0 aliphatic heterocycles. The van der Waals surface area contributed by atoms with Crippen LogP contribution in [0.4, 0.5) is 10.5 Å². The van der Waals surface area contributed by atoms with Crippen molar-refractivity contribution >= 4 is 17.6 Å². The summed E-state index contributed by atoms with van der Waals surface area (Å²) < 4.78 is 0. The molecule has 2 saturated carbocycles. The summed E-state index contributed by atoms with van der Waals surface area (Å²) in [5.41, 5.74) is 1.34. The second kappa shape index (κ2) is 6.81. The zero-order chi connectivity index (χ0) is 15.4. The van der Waals surface area contributed by atoms with Crippen LogP contribution in [0.15, 0.2) is 24.3 Å². The van der Waals surface area contributed by atoms with Crippen molar-refractivity contribution in [1.29, 1.82) is 0 Å². The lowest BCUT2D eigenvalue weighted by Crippen LogP contribution is -2.36. The molecule has 1 aromatic carbocycles. The molecule has 0 radical (unpaired) electrons. The first-order valence-corrected chi connectivity index (χ1v) is 8.19. The van der Waals surface area contributed by atoms with Crippen molar-refractivity contribution in [1.82, 2.24) is 10.6 Å². The van der Waals surface area contributed by atoms with Gasteiger partial charge >= 0.3 is 6.03 Å². The quantitative estimate of drug-likeness (QED) is 0.800. The van der Waals surface area contributed by atoms with Gasteiger partial charge in [0.1, 0.15) is 0 Å². The van der Waals surface area contributed by atoms with Crippen molar-refractivity contribution < 1.29 is 9.59 Å². The van der Waals surface area contributed by atoms with E-state index in [4.69, 9.17) is 0 Å². The highest BCUT2D eigenvalue weighted by atomic mass is 16.2. The molecule has 0 bridgehead atoms. The SMILES string of the molecule is O=C(Nc1ccc(C(=O)NC2CCCCC2)cc1)NC1CC1. The fraction of sp³-hybridized carbons (Fsp3) is 0.529. The molecule has 1 aromatic rings. The zero-order valence-electron chi connectivity index (χ0n) is 12.7. The molecule has 3 amide bonds. The van der Waals surface area contributed by atoms with E-state index in [0.717, 1.165) is 25.7 Å². The second-order valence-corrected chi connectivity index (χ2v) is 6.26. The third kappa shape index (κ3) is 4.23. The molecule has 2 aliphatic carbocycles. The van der Waals surface area contributed by atoms with Crippen molar-refractivity contribution in [3.8, 4) is 0 Å². The van der Waals surface area contributed by atoms with E-state index in [1.807, 2.05) is 0 Å². The Morgan fingerprint density at radius 3 is 2.09 bits per heavy atom. The van der Waals surface area contributed by atoms with Gasteiger partial charge in [0.05, 0.1) is 0 Å². The Morgan fingerprint density at radius 1 is 0.818 bits per heavy atom. The van der Waals surface area contributed by atoms with Crippen molar-refractivity contribution in [2.75, 3.05) is 5.32 Å². The number of amides is 3. The van der Waals surface area contributed by atoms with E-state index in [-0.39, 0.29) is 11.9 Å². The summed E-state index contributed by atoms with van der Waals surface area (Å²) in [5.74, 6) is -0.0270. The minimum Gasteiger partial charge on any atom is -0.349 e. The van der Waals surface area contributed by atoms with Gasteiger partial charge in [-0.2, -0.15) is 0 Å². The summed E-state index contributed by atoms with van der Waals surface area (Å²) in [6, 6.07) is 7.51. The van der Waals surface area contributed by atoms with Crippen LogP contribution in [-0.2, 0) is 0 Å². The maximum atomic E-state index is 12.2. The molecule has 0 atom stereocenters. The molecule has 0 aromatic heterocycles. The summed E-state index contributed by atoms with van der Waals surface area (Å²) in [6.07, 6.45) is 7.95. The van der Waals surface area contributed by atoms with E-state index in [2.05, 4.69) is 16.0 Å². The van der Waals surface area contributed by atoms with E-state index >= 15 is 0 Å². The molecule has 0 spiro atoms. The summed E-state index contributed by atoms with van der Waals surface area (Å²) in [4.78, 5) is 23.8. The predicted molar refractivity (Wildman–Crippen MR) is 86.0 cm³/mol. The van der Waals surface area contributed by atoms with Crippen LogP contribution < -0.4 is 16.0 Å². The Kier molecular flexibility index (Phi) is 4.61. The van der Waals surface area contributed by atoms with Gasteiger partial charge < -0.3 is 16.0 Å². The van der Waals surface area contributed by atoms with Crippen LogP contribution in [0.3, 0.4) is 0 Å². The van der Waals surface area contributed by atoms with Gasteiger partial charge in [-0.1, -0.05) is 19.3 Å². The topological polar surface area (TPSA) is 70.2 Å². The first kappa shape index (κ1) is 14.9. The van der Waals surface area contributed by atoms with Crippen molar-refractivity contribution in [2.24, 2.45) is 0 Å². The number of anilines is 1. The van der Waals surface area contributed by atoms with E-state index in [0.29, 0.717) is 23.3 Å². The number of urea groups is 1. The van der Waals surface area contributed by atoms with E-state index in [1.54, 1.807) is 24.3 Å². The smallest absolute Gasteiger partial charge is 0.319 e. The van der Waals surface area contributed by atoms with Crippen molar-refractivity contribution in [3.63, 3.8) is 0 Å². The summed E-state index contributed by atoms with van der Waals surface area (Å²) in [7, 11) is 0. The lowest BCUT2D eigenvalue weighted by atomic mass is 9.95. The fourth-order valence-electron chi connectivity index (χ4n) is 2.80. The molecule has 0 heterocycles. The third-order valence-electron chi connectivity index (χ3n) is 4.26. The van der Waals surface area contributed by atoms with Crippen molar-refractivity contribution in [2.45, 2.75) is 57.0 Å². The summed E-state index contributed by atoms with van der Waals surface area (Å²) in [5, 5.41) is 8.73. The van der Waals surface area contributed by atoms with Gasteiger partial charge in [0.25, 0.3) is 5.91 Å². The third-order valence-corrected chi connectivity index (χ3v) is 4.26. The van der Waals surface area contributed by atoms with Gasteiger partial charge in [-0.3, -0.25) is 4.79 Å². The molecule has 5 nitrogen and oxygen atoms in total. The van der Waals surface area contributed by atoms with Crippen LogP contribution in [-0.4, -0.2) is 24.0 Å². The number of carbonyl (C=O) groups is 2. The minimum atomic E-state index is -0.179. The van der Waals surface area contributed by atoms with Crippen LogP contribution in [0.2, 0.25) is 0 Å². The van der Waals surface area contributed by atoms with Crippen LogP contribution in [0.5, 0.6) is 0 Å². The normalized spacial score (nSPS) is 18.5. The standard InChI is InChI=1S/C17H23N3O2/c21-16(18-13-4-2-1-3-5-13)12-6-8-14(9-7-12)19-17(22)20-15-10-11-15/h6-9,13,15H,1-5,10-11H2,(H,18,21)(H2,19,20,22). The molecule has 3 rings (SSSR count). The average molecular weight is 301 g/mol. The van der Waals surface area contributed by atoms with Gasteiger partial charge in [-0.25, -0.2) is 4.79 Å². The zero-order valence-corrected chi connectivity index (χ0v) is 12.7. The second-order valence-electron chi connectivity index (χ2n) is 6.26. The lowest BCUT2D eigenvalue weighted by molar-refractivity contribution is 0.0927. The number of carbonyl (C=O) groups excluding carboxylic acids is 2. The highest BCUT2D eigenvalue weighted by Crippen LogP contribution is 2.19. The van der Waals surface area contributed by atoms with Crippen LogP contribution >= 0.6 is 0 Å². The largest absolute Gasteiger partial charge is 0.349 e. The number of hydrogen-bond donors (Lipinski definition) is 3. The Balaban J connectivity index is 1.51. The first-order valence-electron chi connectivity index (χ1n) is 8.19. The van der Waals surface area contributed by atoms with E-state index < -0.39 is 0 Å². The molecular weight excluding hydrogens is 278 g/mol. The highest BCUT2D eigenvalue weighted by Gasteiger charge is 2.23. The van der Waals surface area contributed by atoms with Gasteiger partial charge in [0.15, 0.2) is 0 Å². The molecule has 5 heteroatoms. The van der Waals surface area contributed by atoms with Gasteiger partial charge in [0, 0.05) is 23.3 Å². The van der Waals surface area contributed by atoms with Crippen molar-refractivity contribution in [3.05, 3.63) is 29.8 Å². The van der Waals surface area contributed by atoms with E-state index in [1.165, 1.54) is 19.3 Å². The molecule has 22 heavy (non-hydrogen) atoms. The van der Waals surface area contributed by atoms with E-state index in [9.17, 15) is 9.59 Å². The Morgan fingerprint density at radius 2 is 1.45 bits per heavy atom. The average Bonchev–Trinajstić information content (AvgIpc) is 3.32. The molecule has 118 valence electrons. The Bertz CT molecular complexity index is 531. The maximum absolute atomic E-state index is 12.2. The maximum Gasteiger partial charge on any atom is 0.319 e. The van der Waals surface area contributed by atoms with Crippen LogP contribution in [0, 0.1) is 0 Å². The predicted octanol–water partition coefficient (Wildman–Crippen LogP) is 3.03. The summed E-state index contributed by atoms with van der Waals surface area (Å²) in [6.45, 7) is 0. The highest BCUT2D eigenvalue weighted by molar-refractivity contribution is 5.95. The molecule has 2 aliphatic rings. The molecule has 3 N–H and O–H groups in total.